The summed E-state index contributed by atoms with van der Waals surface area (Å²) in [6, 6.07) is -0.475. The van der Waals surface area contributed by atoms with E-state index in [9.17, 15) is 9.59 Å². The summed E-state index contributed by atoms with van der Waals surface area (Å²) in [6.07, 6.45) is 1.75. The van der Waals surface area contributed by atoms with Gasteiger partial charge in [0.05, 0.1) is 6.54 Å². The third-order valence-electron chi connectivity index (χ3n) is 3.45. The van der Waals surface area contributed by atoms with Crippen molar-refractivity contribution in [2.24, 2.45) is 13.0 Å². The largest absolute Gasteiger partial charge is 0.340 e. The molecule has 110 valence electrons. The van der Waals surface area contributed by atoms with E-state index in [1.807, 2.05) is 13.8 Å². The zero-order valence-electron chi connectivity index (χ0n) is 12.5. The number of hydrogen-bond acceptors (Lipinski definition) is 4. The summed E-state index contributed by atoms with van der Waals surface area (Å²) in [6.45, 7) is 7.59. The van der Waals surface area contributed by atoms with Gasteiger partial charge in [-0.05, 0) is 19.8 Å². The van der Waals surface area contributed by atoms with Crippen LogP contribution in [0.15, 0.2) is 6.20 Å². The van der Waals surface area contributed by atoms with Gasteiger partial charge in [-0.25, -0.2) is 0 Å². The van der Waals surface area contributed by atoms with Crippen molar-refractivity contribution in [3.05, 3.63) is 11.9 Å². The number of piperazine rings is 1. The highest BCUT2D eigenvalue weighted by molar-refractivity contribution is 5.99. The van der Waals surface area contributed by atoms with Gasteiger partial charge in [-0.1, -0.05) is 19.1 Å². The molecule has 0 radical (unpaired) electrons. The number of nitrogens with one attached hydrogen (secondary N) is 1. The Morgan fingerprint density at radius 2 is 2.05 bits per heavy atom. The summed E-state index contributed by atoms with van der Waals surface area (Å²) in [5.74, 6) is -0.179. The molecule has 2 heterocycles. The Bertz CT molecular complexity index is 535. The summed E-state index contributed by atoms with van der Waals surface area (Å²) >= 11 is 0. The van der Waals surface area contributed by atoms with Crippen LogP contribution >= 0.6 is 0 Å². The van der Waals surface area contributed by atoms with E-state index in [4.69, 9.17) is 0 Å². The molecule has 1 aromatic rings. The molecule has 1 aliphatic rings. The van der Waals surface area contributed by atoms with Gasteiger partial charge in [-0.15, -0.1) is 5.10 Å². The van der Waals surface area contributed by atoms with Gasteiger partial charge in [-0.3, -0.25) is 14.3 Å². The van der Waals surface area contributed by atoms with Gasteiger partial charge in [0.2, 0.25) is 11.8 Å². The third kappa shape index (κ3) is 2.52. The zero-order valence-corrected chi connectivity index (χ0v) is 12.5. The average Bonchev–Trinajstić information content (AvgIpc) is 2.70. The number of amides is 2. The predicted octanol–water partition coefficient (Wildman–Crippen LogP) is 0.0767. The van der Waals surface area contributed by atoms with E-state index in [1.165, 1.54) is 0 Å². The maximum Gasteiger partial charge on any atom is 0.248 e. The second kappa shape index (κ2) is 4.88. The monoisotopic (exact) mass is 279 g/mol. The molecule has 7 nitrogen and oxygen atoms in total. The molecule has 1 fully saturated rings. The van der Waals surface area contributed by atoms with Crippen molar-refractivity contribution in [2.75, 3.05) is 0 Å². The lowest BCUT2D eigenvalue weighted by atomic mass is 9.91. The van der Waals surface area contributed by atoms with Crippen molar-refractivity contribution in [1.29, 1.82) is 0 Å². The number of rotatable bonds is 3. The Morgan fingerprint density at radius 3 is 2.55 bits per heavy atom. The molecule has 1 saturated heterocycles. The lowest BCUT2D eigenvalue weighted by Gasteiger charge is -2.44. The van der Waals surface area contributed by atoms with Gasteiger partial charge < -0.3 is 10.2 Å². The quantitative estimate of drug-likeness (QED) is 0.849. The van der Waals surface area contributed by atoms with Crippen molar-refractivity contribution in [2.45, 2.75) is 45.8 Å². The maximum absolute atomic E-state index is 12.6. The highest BCUT2D eigenvalue weighted by Gasteiger charge is 2.46. The lowest BCUT2D eigenvalue weighted by Crippen LogP contribution is -2.68. The first-order valence-corrected chi connectivity index (χ1v) is 6.70. The van der Waals surface area contributed by atoms with Gasteiger partial charge in [0.25, 0.3) is 0 Å². The van der Waals surface area contributed by atoms with Crippen LogP contribution in [0.25, 0.3) is 0 Å². The van der Waals surface area contributed by atoms with Crippen LogP contribution in [0.1, 0.15) is 33.4 Å². The van der Waals surface area contributed by atoms with Crippen LogP contribution in [0.3, 0.4) is 0 Å². The van der Waals surface area contributed by atoms with Gasteiger partial charge in [-0.2, -0.15) is 0 Å². The average molecular weight is 279 g/mol. The Morgan fingerprint density at radius 1 is 1.40 bits per heavy atom. The molecule has 0 saturated carbocycles. The molecule has 1 N–H and O–H groups in total. The minimum Gasteiger partial charge on any atom is -0.340 e. The molecule has 1 unspecified atom stereocenters. The Kier molecular flexibility index (Phi) is 3.54. The first-order chi connectivity index (χ1) is 9.22. The number of aryl methyl sites for hydroxylation is 1. The van der Waals surface area contributed by atoms with Gasteiger partial charge >= 0.3 is 0 Å². The van der Waals surface area contributed by atoms with E-state index in [0.29, 0.717) is 12.2 Å². The van der Waals surface area contributed by atoms with Crippen molar-refractivity contribution in [1.82, 2.24) is 25.2 Å². The van der Waals surface area contributed by atoms with Gasteiger partial charge in [0.1, 0.15) is 17.3 Å². The van der Waals surface area contributed by atoms with Crippen LogP contribution in [-0.2, 0) is 23.2 Å². The molecule has 7 heteroatoms. The first kappa shape index (κ1) is 14.5. The molecular formula is C13H21N5O2. The fourth-order valence-electron chi connectivity index (χ4n) is 2.54. The molecular weight excluding hydrogens is 258 g/mol. The van der Waals surface area contributed by atoms with Crippen molar-refractivity contribution in [3.63, 3.8) is 0 Å². The fourth-order valence-corrected chi connectivity index (χ4v) is 2.54. The highest BCUT2D eigenvalue weighted by Crippen LogP contribution is 2.24. The van der Waals surface area contributed by atoms with Crippen LogP contribution in [-0.4, -0.2) is 43.3 Å². The van der Waals surface area contributed by atoms with Crippen LogP contribution in [0.4, 0.5) is 0 Å². The number of hydrogen-bond donors (Lipinski definition) is 1. The van der Waals surface area contributed by atoms with E-state index >= 15 is 0 Å². The topological polar surface area (TPSA) is 80.1 Å². The Hall–Kier alpha value is -1.92. The lowest BCUT2D eigenvalue weighted by molar-refractivity contribution is -0.156. The minimum atomic E-state index is -0.884. The minimum absolute atomic E-state index is 0.0340. The second-order valence-electron chi connectivity index (χ2n) is 6.12. The molecule has 0 aliphatic carbocycles. The molecule has 2 amide bonds. The van der Waals surface area contributed by atoms with Crippen molar-refractivity contribution in [3.8, 4) is 0 Å². The molecule has 2 rings (SSSR count). The second-order valence-corrected chi connectivity index (χ2v) is 6.12. The molecule has 1 aliphatic heterocycles. The normalized spacial score (nSPS) is 22.3. The number of carbonyl (C=O) groups is 2. The number of aromatic nitrogens is 3. The molecule has 0 spiro atoms. The third-order valence-corrected chi connectivity index (χ3v) is 3.45. The Labute approximate surface area is 118 Å². The highest BCUT2D eigenvalue weighted by atomic mass is 16.2. The summed E-state index contributed by atoms with van der Waals surface area (Å²) in [5, 5.41) is 10.6. The van der Waals surface area contributed by atoms with E-state index in [-0.39, 0.29) is 17.7 Å². The maximum atomic E-state index is 12.6. The first-order valence-electron chi connectivity index (χ1n) is 6.70. The van der Waals surface area contributed by atoms with Crippen LogP contribution in [0.5, 0.6) is 0 Å². The van der Waals surface area contributed by atoms with Crippen molar-refractivity contribution >= 4 is 11.8 Å². The molecule has 20 heavy (non-hydrogen) atoms. The van der Waals surface area contributed by atoms with Gasteiger partial charge in [0.15, 0.2) is 0 Å². The smallest absolute Gasteiger partial charge is 0.248 e. The van der Waals surface area contributed by atoms with E-state index in [2.05, 4.69) is 15.6 Å². The summed E-state index contributed by atoms with van der Waals surface area (Å²) in [4.78, 5) is 26.4. The Balaban J connectivity index is 2.32. The SMILES string of the molecule is CC(C)C1C(=O)NC(C)(C)C(=O)N1Cc1cn(C)nn1. The van der Waals surface area contributed by atoms with Gasteiger partial charge in [0, 0.05) is 13.2 Å². The predicted molar refractivity (Wildman–Crippen MR) is 72.4 cm³/mol. The van der Waals surface area contributed by atoms with E-state index < -0.39 is 11.6 Å². The summed E-state index contributed by atoms with van der Waals surface area (Å²) in [7, 11) is 1.77. The molecule has 1 atom stereocenters. The van der Waals surface area contributed by atoms with Crippen LogP contribution in [0.2, 0.25) is 0 Å². The van der Waals surface area contributed by atoms with E-state index in [1.54, 1.807) is 36.7 Å². The summed E-state index contributed by atoms with van der Waals surface area (Å²) in [5.41, 5.74) is -0.206. The van der Waals surface area contributed by atoms with E-state index in [0.717, 1.165) is 0 Å². The molecule has 0 bridgehead atoms. The van der Waals surface area contributed by atoms with Crippen LogP contribution in [0, 0.1) is 5.92 Å². The summed E-state index contributed by atoms with van der Waals surface area (Å²) < 4.78 is 1.58. The number of carbonyl (C=O) groups excluding carboxylic acids is 2. The fraction of sp³-hybridized carbons (Fsp3) is 0.692. The van der Waals surface area contributed by atoms with Crippen molar-refractivity contribution < 1.29 is 9.59 Å². The molecule has 0 aromatic carbocycles. The van der Waals surface area contributed by atoms with Crippen LogP contribution < -0.4 is 5.32 Å². The number of nitrogens with zero attached hydrogens (tertiary/aromatic N) is 4. The standard InChI is InChI=1S/C13H21N5O2/c1-8(2)10-11(19)14-13(3,4)12(20)18(10)7-9-6-17(5)16-15-9/h6,8,10H,7H2,1-5H3,(H,14,19). The molecule has 1 aromatic heterocycles. The zero-order chi connectivity index (χ0) is 15.1.